The van der Waals surface area contributed by atoms with E-state index in [-0.39, 0.29) is 6.04 Å². The number of rotatable bonds is 5. The van der Waals surface area contributed by atoms with Crippen molar-refractivity contribution in [3.63, 3.8) is 0 Å². The van der Waals surface area contributed by atoms with E-state index in [0.717, 1.165) is 27.8 Å². The van der Waals surface area contributed by atoms with Crippen LogP contribution in [0.4, 0.5) is 0 Å². The summed E-state index contributed by atoms with van der Waals surface area (Å²) in [6.45, 7) is 0. The van der Waals surface area contributed by atoms with E-state index in [4.69, 9.17) is 10.6 Å². The highest BCUT2D eigenvalue weighted by Gasteiger charge is 2.15. The Kier molecular flexibility index (Phi) is 4.57. The first kappa shape index (κ1) is 14.0. The molecule has 1 atom stereocenters. The van der Waals surface area contributed by atoms with Crippen molar-refractivity contribution < 1.29 is 4.74 Å². The van der Waals surface area contributed by atoms with Crippen LogP contribution in [0.2, 0.25) is 0 Å². The summed E-state index contributed by atoms with van der Waals surface area (Å²) >= 11 is 3.47. The maximum absolute atomic E-state index is 5.65. The fourth-order valence-corrected chi connectivity index (χ4v) is 2.43. The first-order valence-corrected chi connectivity index (χ1v) is 6.70. The molecule has 6 heteroatoms. The van der Waals surface area contributed by atoms with Crippen LogP contribution >= 0.6 is 15.9 Å². The smallest absolute Gasteiger partial charge is 0.122 e. The van der Waals surface area contributed by atoms with Crippen molar-refractivity contribution in [2.45, 2.75) is 12.5 Å². The summed E-state index contributed by atoms with van der Waals surface area (Å²) in [5.74, 6) is 6.51. The van der Waals surface area contributed by atoms with Gasteiger partial charge in [0.1, 0.15) is 5.75 Å². The van der Waals surface area contributed by atoms with Gasteiger partial charge in [-0.15, -0.1) is 0 Å². The quantitative estimate of drug-likeness (QED) is 0.651. The molecule has 0 aliphatic carbocycles. The lowest BCUT2D eigenvalue weighted by Gasteiger charge is -2.16. The number of hydrogen-bond acceptors (Lipinski definition) is 4. The molecule has 0 fully saturated rings. The molecule has 0 saturated heterocycles. The number of methoxy groups -OCH3 is 1. The third-order valence-electron chi connectivity index (χ3n) is 2.99. The van der Waals surface area contributed by atoms with Gasteiger partial charge in [0.25, 0.3) is 0 Å². The highest BCUT2D eigenvalue weighted by Crippen LogP contribution is 2.27. The summed E-state index contributed by atoms with van der Waals surface area (Å²) in [6.07, 6.45) is 4.49. The van der Waals surface area contributed by atoms with Crippen molar-refractivity contribution >= 4 is 15.9 Å². The van der Waals surface area contributed by atoms with Gasteiger partial charge in [0.05, 0.1) is 19.3 Å². The number of ether oxygens (including phenoxy) is 1. The molecule has 3 N–H and O–H groups in total. The molecule has 2 rings (SSSR count). The Morgan fingerprint density at radius 1 is 1.53 bits per heavy atom. The minimum absolute atomic E-state index is 0.00287. The Morgan fingerprint density at radius 3 is 2.89 bits per heavy atom. The standard InChI is InChI=1S/C13H17BrN4O/c1-18-8-10(7-16-18)12(17-15)6-9-5-11(14)3-4-13(9)19-2/h3-5,7-8,12,17H,6,15H2,1-2H3. The zero-order valence-electron chi connectivity index (χ0n) is 10.9. The average Bonchev–Trinajstić information content (AvgIpc) is 2.82. The summed E-state index contributed by atoms with van der Waals surface area (Å²) < 4.78 is 8.16. The second kappa shape index (κ2) is 6.18. The maximum atomic E-state index is 5.65. The highest BCUT2D eigenvalue weighted by molar-refractivity contribution is 9.10. The van der Waals surface area contributed by atoms with Crippen molar-refractivity contribution in [2.75, 3.05) is 7.11 Å². The van der Waals surface area contributed by atoms with Crippen LogP contribution in [0.25, 0.3) is 0 Å². The second-order valence-electron chi connectivity index (χ2n) is 4.33. The van der Waals surface area contributed by atoms with E-state index in [0.29, 0.717) is 0 Å². The molecule has 1 aromatic carbocycles. The maximum Gasteiger partial charge on any atom is 0.122 e. The molecular formula is C13H17BrN4O. The van der Waals surface area contributed by atoms with E-state index >= 15 is 0 Å². The van der Waals surface area contributed by atoms with E-state index in [2.05, 4.69) is 26.5 Å². The van der Waals surface area contributed by atoms with Gasteiger partial charge in [0.15, 0.2) is 0 Å². The molecule has 2 aromatic rings. The van der Waals surface area contributed by atoms with Crippen LogP contribution in [-0.4, -0.2) is 16.9 Å². The molecule has 5 nitrogen and oxygen atoms in total. The lowest BCUT2D eigenvalue weighted by atomic mass is 10.0. The van der Waals surface area contributed by atoms with Crippen molar-refractivity contribution in [3.8, 4) is 5.75 Å². The fourth-order valence-electron chi connectivity index (χ4n) is 2.02. The Labute approximate surface area is 120 Å². The van der Waals surface area contributed by atoms with Gasteiger partial charge < -0.3 is 4.74 Å². The summed E-state index contributed by atoms with van der Waals surface area (Å²) in [7, 11) is 3.55. The molecule has 0 radical (unpaired) electrons. The van der Waals surface area contributed by atoms with Crippen molar-refractivity contribution in [1.82, 2.24) is 15.2 Å². The molecule has 0 aliphatic heterocycles. The predicted octanol–water partition coefficient (Wildman–Crippen LogP) is 1.94. The van der Waals surface area contributed by atoms with Crippen LogP contribution in [-0.2, 0) is 13.5 Å². The van der Waals surface area contributed by atoms with Gasteiger partial charge in [-0.05, 0) is 30.2 Å². The Morgan fingerprint density at radius 2 is 2.32 bits per heavy atom. The second-order valence-corrected chi connectivity index (χ2v) is 5.24. The van der Waals surface area contributed by atoms with Gasteiger partial charge in [-0.25, -0.2) is 0 Å². The van der Waals surface area contributed by atoms with Gasteiger partial charge in [0.2, 0.25) is 0 Å². The molecule has 0 aliphatic rings. The first-order valence-electron chi connectivity index (χ1n) is 5.91. The average molecular weight is 325 g/mol. The number of halogens is 1. The minimum atomic E-state index is -0.00287. The number of nitrogens with one attached hydrogen (secondary N) is 1. The SMILES string of the molecule is COc1ccc(Br)cc1CC(NN)c1cnn(C)c1. The zero-order valence-corrected chi connectivity index (χ0v) is 12.5. The van der Waals surface area contributed by atoms with Crippen molar-refractivity contribution in [2.24, 2.45) is 12.9 Å². The lowest BCUT2D eigenvalue weighted by Crippen LogP contribution is -2.29. The topological polar surface area (TPSA) is 65.1 Å². The van der Waals surface area contributed by atoms with Crippen LogP contribution in [0.1, 0.15) is 17.2 Å². The monoisotopic (exact) mass is 324 g/mol. The Bertz CT molecular complexity index is 555. The minimum Gasteiger partial charge on any atom is -0.496 e. The van der Waals surface area contributed by atoms with Crippen LogP contribution < -0.4 is 16.0 Å². The highest BCUT2D eigenvalue weighted by atomic mass is 79.9. The predicted molar refractivity (Wildman–Crippen MR) is 77.7 cm³/mol. The number of nitrogens with zero attached hydrogens (tertiary/aromatic N) is 2. The molecule has 0 bridgehead atoms. The molecule has 19 heavy (non-hydrogen) atoms. The van der Waals surface area contributed by atoms with Gasteiger partial charge in [0, 0.05) is 23.3 Å². The molecule has 1 heterocycles. The molecule has 1 unspecified atom stereocenters. The van der Waals surface area contributed by atoms with Gasteiger partial charge in [-0.1, -0.05) is 15.9 Å². The number of nitrogens with two attached hydrogens (primary N) is 1. The zero-order chi connectivity index (χ0) is 13.8. The normalized spacial score (nSPS) is 12.4. The molecule has 0 saturated carbocycles. The van der Waals surface area contributed by atoms with Gasteiger partial charge in [-0.2, -0.15) is 5.10 Å². The summed E-state index contributed by atoms with van der Waals surface area (Å²) in [5, 5.41) is 4.17. The van der Waals surface area contributed by atoms with Crippen LogP contribution in [0.5, 0.6) is 5.75 Å². The van der Waals surface area contributed by atoms with Crippen molar-refractivity contribution in [3.05, 3.63) is 46.2 Å². The van der Waals surface area contributed by atoms with Gasteiger partial charge in [-0.3, -0.25) is 16.0 Å². The third-order valence-corrected chi connectivity index (χ3v) is 3.49. The number of hydrazine groups is 1. The van der Waals surface area contributed by atoms with E-state index < -0.39 is 0 Å². The van der Waals surface area contributed by atoms with Crippen molar-refractivity contribution in [1.29, 1.82) is 0 Å². The molecule has 1 aromatic heterocycles. The van der Waals surface area contributed by atoms with Crippen LogP contribution in [0.15, 0.2) is 35.1 Å². The molecule has 0 amide bonds. The molecular weight excluding hydrogens is 308 g/mol. The van der Waals surface area contributed by atoms with Gasteiger partial charge >= 0.3 is 0 Å². The third kappa shape index (κ3) is 3.34. The molecule has 102 valence electrons. The molecule has 0 spiro atoms. The lowest BCUT2D eigenvalue weighted by molar-refractivity contribution is 0.405. The summed E-state index contributed by atoms with van der Waals surface area (Å²) in [5.41, 5.74) is 4.96. The Balaban J connectivity index is 2.25. The van der Waals surface area contributed by atoms with Crippen LogP contribution in [0.3, 0.4) is 0 Å². The van der Waals surface area contributed by atoms with E-state index in [1.165, 1.54) is 0 Å². The van der Waals surface area contributed by atoms with E-state index in [1.54, 1.807) is 11.8 Å². The Hall–Kier alpha value is -1.37. The largest absolute Gasteiger partial charge is 0.496 e. The van der Waals surface area contributed by atoms with Crippen LogP contribution in [0, 0.1) is 0 Å². The summed E-state index contributed by atoms with van der Waals surface area (Å²) in [4.78, 5) is 0. The van der Waals surface area contributed by atoms with E-state index in [9.17, 15) is 0 Å². The number of benzene rings is 1. The number of hydrogen-bond donors (Lipinski definition) is 2. The summed E-state index contributed by atoms with van der Waals surface area (Å²) in [6, 6.07) is 5.93. The van der Waals surface area contributed by atoms with E-state index in [1.807, 2.05) is 37.6 Å². The fraction of sp³-hybridized carbons (Fsp3) is 0.308. The number of aryl methyl sites for hydroxylation is 1. The number of aromatic nitrogens is 2. The first-order chi connectivity index (χ1) is 9.13.